The highest BCUT2D eigenvalue weighted by molar-refractivity contribution is 14.0. The molecule has 0 amide bonds. The van der Waals surface area contributed by atoms with E-state index in [9.17, 15) is 5.11 Å². The molecule has 0 aliphatic heterocycles. The summed E-state index contributed by atoms with van der Waals surface area (Å²) in [5.41, 5.74) is 2.11. The molecule has 0 radical (unpaired) electrons. The van der Waals surface area contributed by atoms with Crippen LogP contribution in [0.4, 0.5) is 0 Å². The Balaban J connectivity index is 0.00000338. The molecule has 5 nitrogen and oxygen atoms in total. The van der Waals surface area contributed by atoms with Gasteiger partial charge in [0.2, 0.25) is 0 Å². The van der Waals surface area contributed by atoms with E-state index in [0.717, 1.165) is 28.8 Å². The number of aliphatic imine (C=N–C) groups is 1. The van der Waals surface area contributed by atoms with Gasteiger partial charge in [0.25, 0.3) is 0 Å². The first-order chi connectivity index (χ1) is 12.1. The highest BCUT2D eigenvalue weighted by Gasteiger charge is 2.11. The van der Waals surface area contributed by atoms with Crippen molar-refractivity contribution in [2.75, 3.05) is 19.7 Å². The van der Waals surface area contributed by atoms with E-state index in [1.807, 2.05) is 37.3 Å². The average molecular weight is 488 g/mol. The van der Waals surface area contributed by atoms with Gasteiger partial charge in [-0.1, -0.05) is 44.2 Å². The molecule has 1 aromatic heterocycles. The maximum atomic E-state index is 9.68. The van der Waals surface area contributed by atoms with Gasteiger partial charge < -0.3 is 15.7 Å². The lowest BCUT2D eigenvalue weighted by Gasteiger charge is -2.18. The fourth-order valence-corrected chi connectivity index (χ4v) is 3.22. The number of hydrogen-bond donors (Lipinski definition) is 3. The molecule has 0 fully saturated rings. The summed E-state index contributed by atoms with van der Waals surface area (Å²) in [4.78, 5) is 9.23. The van der Waals surface area contributed by atoms with E-state index in [1.54, 1.807) is 11.3 Å². The maximum Gasteiger partial charge on any atom is 0.191 e. The minimum Gasteiger partial charge on any atom is -0.396 e. The summed E-state index contributed by atoms with van der Waals surface area (Å²) in [5.74, 6) is 1.23. The summed E-state index contributed by atoms with van der Waals surface area (Å²) in [7, 11) is 0. The van der Waals surface area contributed by atoms with Crippen molar-refractivity contribution in [3.05, 3.63) is 52.0 Å². The fraction of sp³-hybridized carbons (Fsp3) is 0.474. The van der Waals surface area contributed by atoms with E-state index in [0.29, 0.717) is 19.0 Å². The van der Waals surface area contributed by atoms with Gasteiger partial charge in [0.15, 0.2) is 5.96 Å². The van der Waals surface area contributed by atoms with Crippen LogP contribution in [0.5, 0.6) is 0 Å². The number of hydrogen-bond acceptors (Lipinski definition) is 4. The molecule has 0 aliphatic rings. The zero-order chi connectivity index (χ0) is 18.1. The molecule has 1 heterocycles. The molecule has 0 bridgehead atoms. The molecule has 3 N–H and O–H groups in total. The largest absolute Gasteiger partial charge is 0.396 e. The first-order valence-electron chi connectivity index (χ1n) is 8.76. The summed E-state index contributed by atoms with van der Waals surface area (Å²) in [6, 6.07) is 10.0. The van der Waals surface area contributed by atoms with Crippen molar-refractivity contribution in [1.82, 2.24) is 15.6 Å². The number of aromatic nitrogens is 1. The van der Waals surface area contributed by atoms with Crippen molar-refractivity contribution in [3.8, 4) is 0 Å². The normalized spacial score (nSPS) is 12.6. The van der Waals surface area contributed by atoms with E-state index in [4.69, 9.17) is 0 Å². The molecule has 7 heteroatoms. The third-order valence-corrected chi connectivity index (χ3v) is 5.01. The molecule has 0 saturated heterocycles. The minimum atomic E-state index is 0. The summed E-state index contributed by atoms with van der Waals surface area (Å²) in [5, 5.41) is 19.5. The third-order valence-electron chi connectivity index (χ3n) is 3.81. The molecule has 2 aromatic rings. The molecule has 1 aromatic carbocycles. The Labute approximate surface area is 177 Å². The Kier molecular flexibility index (Phi) is 10.8. The number of nitrogens with zero attached hydrogens (tertiary/aromatic N) is 2. The zero-order valence-corrected chi connectivity index (χ0v) is 18.8. The molecular weight excluding hydrogens is 459 g/mol. The third kappa shape index (κ3) is 7.20. The first kappa shape index (κ1) is 22.9. The Morgan fingerprint density at radius 2 is 1.96 bits per heavy atom. The number of aliphatic hydroxyl groups excluding tert-OH is 1. The van der Waals surface area contributed by atoms with Crippen molar-refractivity contribution in [3.63, 3.8) is 0 Å². The molecule has 0 saturated carbocycles. The Morgan fingerprint density at radius 1 is 1.23 bits per heavy atom. The van der Waals surface area contributed by atoms with Crippen LogP contribution in [0.3, 0.4) is 0 Å². The van der Waals surface area contributed by atoms with Gasteiger partial charge in [-0.3, -0.25) is 0 Å². The number of benzene rings is 1. The van der Waals surface area contributed by atoms with E-state index in [-0.39, 0.29) is 36.5 Å². The van der Waals surface area contributed by atoms with Crippen LogP contribution in [-0.4, -0.2) is 35.7 Å². The number of thiazole rings is 1. The van der Waals surface area contributed by atoms with E-state index < -0.39 is 0 Å². The second kappa shape index (κ2) is 12.2. The van der Waals surface area contributed by atoms with Gasteiger partial charge in [-0.25, -0.2) is 9.98 Å². The highest BCUT2D eigenvalue weighted by atomic mass is 127. The summed E-state index contributed by atoms with van der Waals surface area (Å²) < 4.78 is 0. The number of nitrogens with one attached hydrogen (secondary N) is 2. The standard InChI is InChI=1S/C19H28N4OS.HI/c1-4-20-19(22-11-17-13-25-18(23-17)14(2)3)21-10-16(12-24)15-8-6-5-7-9-15;/h5-9,13-14,16,24H,4,10-12H2,1-3H3,(H2,20,21,22);1H. The highest BCUT2D eigenvalue weighted by Crippen LogP contribution is 2.19. The molecule has 144 valence electrons. The van der Waals surface area contributed by atoms with Crippen LogP contribution in [0.25, 0.3) is 0 Å². The summed E-state index contributed by atoms with van der Waals surface area (Å²) in [6.07, 6.45) is 0. The zero-order valence-electron chi connectivity index (χ0n) is 15.6. The van der Waals surface area contributed by atoms with Gasteiger partial charge in [-0.2, -0.15) is 0 Å². The van der Waals surface area contributed by atoms with E-state index in [2.05, 4.69) is 39.8 Å². The number of guanidine groups is 1. The molecule has 2 rings (SSSR count). The number of halogens is 1. The predicted molar refractivity (Wildman–Crippen MR) is 121 cm³/mol. The van der Waals surface area contributed by atoms with Crippen molar-refractivity contribution >= 4 is 41.3 Å². The van der Waals surface area contributed by atoms with Crippen LogP contribution in [0.1, 0.15) is 48.9 Å². The van der Waals surface area contributed by atoms with Gasteiger partial charge >= 0.3 is 0 Å². The molecule has 0 aliphatic carbocycles. The fourth-order valence-electron chi connectivity index (χ4n) is 2.40. The molecule has 0 spiro atoms. The lowest BCUT2D eigenvalue weighted by atomic mass is 10.0. The van der Waals surface area contributed by atoms with Crippen molar-refractivity contribution in [1.29, 1.82) is 0 Å². The van der Waals surface area contributed by atoms with Crippen LogP contribution < -0.4 is 10.6 Å². The van der Waals surface area contributed by atoms with Crippen molar-refractivity contribution < 1.29 is 5.11 Å². The monoisotopic (exact) mass is 488 g/mol. The van der Waals surface area contributed by atoms with Gasteiger partial charge in [0, 0.05) is 30.3 Å². The molecular formula is C19H29IN4OS. The average Bonchev–Trinajstić information content (AvgIpc) is 3.10. The van der Waals surface area contributed by atoms with Crippen LogP contribution in [0.15, 0.2) is 40.7 Å². The minimum absolute atomic E-state index is 0. The predicted octanol–water partition coefficient (Wildman–Crippen LogP) is 3.72. The number of rotatable bonds is 8. The van der Waals surface area contributed by atoms with Crippen molar-refractivity contribution in [2.24, 2.45) is 4.99 Å². The smallest absolute Gasteiger partial charge is 0.191 e. The van der Waals surface area contributed by atoms with Gasteiger partial charge in [-0.15, -0.1) is 35.3 Å². The Morgan fingerprint density at radius 3 is 2.54 bits per heavy atom. The van der Waals surface area contributed by atoms with E-state index in [1.165, 1.54) is 0 Å². The topological polar surface area (TPSA) is 69.5 Å². The number of aliphatic hydroxyl groups is 1. The van der Waals surface area contributed by atoms with Gasteiger partial charge in [0.1, 0.15) is 0 Å². The summed E-state index contributed by atoms with van der Waals surface area (Å²) in [6.45, 7) is 8.40. The lowest BCUT2D eigenvalue weighted by molar-refractivity contribution is 0.265. The second-order valence-corrected chi connectivity index (χ2v) is 7.09. The second-order valence-electron chi connectivity index (χ2n) is 6.20. The molecule has 1 atom stereocenters. The van der Waals surface area contributed by atoms with Crippen LogP contribution >= 0.6 is 35.3 Å². The molecule has 26 heavy (non-hydrogen) atoms. The Hall–Kier alpha value is -1.19. The SMILES string of the molecule is CCNC(=NCc1csc(C(C)C)n1)NCC(CO)c1ccccc1.I. The molecule has 1 unspecified atom stereocenters. The van der Waals surface area contributed by atoms with Crippen LogP contribution in [0, 0.1) is 0 Å². The van der Waals surface area contributed by atoms with Gasteiger partial charge in [-0.05, 0) is 12.5 Å². The lowest BCUT2D eigenvalue weighted by Crippen LogP contribution is -2.39. The Bertz CT molecular complexity index is 661. The van der Waals surface area contributed by atoms with Crippen LogP contribution in [-0.2, 0) is 6.54 Å². The van der Waals surface area contributed by atoms with E-state index >= 15 is 0 Å². The summed E-state index contributed by atoms with van der Waals surface area (Å²) >= 11 is 1.69. The van der Waals surface area contributed by atoms with Crippen LogP contribution in [0.2, 0.25) is 0 Å². The van der Waals surface area contributed by atoms with Gasteiger partial charge in [0.05, 0.1) is 23.9 Å². The maximum absolute atomic E-state index is 9.68. The first-order valence-corrected chi connectivity index (χ1v) is 9.64. The van der Waals surface area contributed by atoms with Crippen molar-refractivity contribution in [2.45, 2.75) is 39.2 Å². The quantitative estimate of drug-likeness (QED) is 0.301.